The zero-order valence-electron chi connectivity index (χ0n) is 8.22. The second-order valence-corrected chi connectivity index (χ2v) is 4.27. The molecule has 1 heteroatoms. The molecule has 2 N–H and O–H groups in total. The molecule has 0 radical (unpaired) electrons. The average Bonchev–Trinajstić information content (AvgIpc) is 1.85. The second kappa shape index (κ2) is 4.55. The first-order chi connectivity index (χ1) is 4.95. The van der Waals surface area contributed by atoms with Gasteiger partial charge in [0.05, 0.1) is 0 Å². The molecule has 0 rings (SSSR count). The first-order valence-corrected chi connectivity index (χ1v) is 4.38. The van der Waals surface area contributed by atoms with Crippen LogP contribution in [-0.4, -0.2) is 6.04 Å². The molecule has 0 saturated carbocycles. The van der Waals surface area contributed by atoms with E-state index >= 15 is 0 Å². The SMILES string of the molecule is CCC(N)/C=C\CC(C)(C)C. The van der Waals surface area contributed by atoms with Crippen LogP contribution in [0.15, 0.2) is 12.2 Å². The molecule has 0 heterocycles. The summed E-state index contributed by atoms with van der Waals surface area (Å²) in [6, 6.07) is 0.248. The van der Waals surface area contributed by atoms with Gasteiger partial charge in [-0.15, -0.1) is 0 Å². The summed E-state index contributed by atoms with van der Waals surface area (Å²) >= 11 is 0. The molecule has 0 aromatic carbocycles. The van der Waals surface area contributed by atoms with E-state index in [2.05, 4.69) is 39.8 Å². The lowest BCUT2D eigenvalue weighted by molar-refractivity contribution is 0.420. The fourth-order valence-corrected chi connectivity index (χ4v) is 0.732. The second-order valence-electron chi connectivity index (χ2n) is 4.27. The van der Waals surface area contributed by atoms with Crippen LogP contribution in [0.1, 0.15) is 40.5 Å². The van der Waals surface area contributed by atoms with Crippen molar-refractivity contribution in [2.45, 2.75) is 46.6 Å². The van der Waals surface area contributed by atoms with E-state index in [1.165, 1.54) is 0 Å². The zero-order chi connectivity index (χ0) is 8.91. The highest BCUT2D eigenvalue weighted by Gasteiger charge is 2.06. The Labute approximate surface area is 70.7 Å². The zero-order valence-corrected chi connectivity index (χ0v) is 8.22. The van der Waals surface area contributed by atoms with Crippen molar-refractivity contribution in [2.75, 3.05) is 0 Å². The predicted molar refractivity (Wildman–Crippen MR) is 51.5 cm³/mol. The van der Waals surface area contributed by atoms with Gasteiger partial charge in [-0.2, -0.15) is 0 Å². The molecule has 0 bridgehead atoms. The van der Waals surface area contributed by atoms with Crippen molar-refractivity contribution in [3.05, 3.63) is 12.2 Å². The molecule has 0 aliphatic rings. The molecule has 11 heavy (non-hydrogen) atoms. The number of nitrogens with two attached hydrogens (primary N) is 1. The summed E-state index contributed by atoms with van der Waals surface area (Å²) in [5.41, 5.74) is 6.11. The topological polar surface area (TPSA) is 26.0 Å². The van der Waals surface area contributed by atoms with Crippen molar-refractivity contribution in [3.63, 3.8) is 0 Å². The minimum absolute atomic E-state index is 0.248. The quantitative estimate of drug-likeness (QED) is 0.623. The average molecular weight is 155 g/mol. The van der Waals surface area contributed by atoms with Gasteiger partial charge in [-0.1, -0.05) is 39.8 Å². The van der Waals surface area contributed by atoms with Gasteiger partial charge in [0.15, 0.2) is 0 Å². The van der Waals surface area contributed by atoms with Crippen molar-refractivity contribution >= 4 is 0 Å². The maximum Gasteiger partial charge on any atom is 0.0221 e. The number of hydrogen-bond donors (Lipinski definition) is 1. The van der Waals surface area contributed by atoms with Gasteiger partial charge in [0, 0.05) is 6.04 Å². The molecule has 1 atom stereocenters. The van der Waals surface area contributed by atoms with Gasteiger partial charge in [-0.05, 0) is 18.3 Å². The van der Waals surface area contributed by atoms with E-state index in [9.17, 15) is 0 Å². The van der Waals surface area contributed by atoms with Crippen LogP contribution < -0.4 is 5.73 Å². The van der Waals surface area contributed by atoms with Gasteiger partial charge in [0.2, 0.25) is 0 Å². The molecule has 0 aliphatic carbocycles. The van der Waals surface area contributed by atoms with E-state index in [1.807, 2.05) is 0 Å². The molecular formula is C10H21N. The Balaban J connectivity index is 3.60. The third kappa shape index (κ3) is 7.60. The van der Waals surface area contributed by atoms with Gasteiger partial charge < -0.3 is 5.73 Å². The summed E-state index contributed by atoms with van der Waals surface area (Å²) in [4.78, 5) is 0. The lowest BCUT2D eigenvalue weighted by Gasteiger charge is -2.14. The maximum atomic E-state index is 5.72. The van der Waals surface area contributed by atoms with Gasteiger partial charge in [0.1, 0.15) is 0 Å². The Kier molecular flexibility index (Phi) is 4.43. The molecule has 0 fully saturated rings. The summed E-state index contributed by atoms with van der Waals surface area (Å²) < 4.78 is 0. The first-order valence-electron chi connectivity index (χ1n) is 4.38. The third-order valence-electron chi connectivity index (χ3n) is 1.58. The van der Waals surface area contributed by atoms with Crippen LogP contribution >= 0.6 is 0 Å². The molecule has 0 aromatic rings. The number of hydrogen-bond acceptors (Lipinski definition) is 1. The van der Waals surface area contributed by atoms with Gasteiger partial charge in [0.25, 0.3) is 0 Å². The van der Waals surface area contributed by atoms with E-state index < -0.39 is 0 Å². The van der Waals surface area contributed by atoms with Crippen LogP contribution in [0, 0.1) is 5.41 Å². The molecule has 1 nitrogen and oxygen atoms in total. The van der Waals surface area contributed by atoms with Crippen LogP contribution in [0.25, 0.3) is 0 Å². The minimum Gasteiger partial charge on any atom is -0.324 e. The summed E-state index contributed by atoms with van der Waals surface area (Å²) in [6.45, 7) is 8.80. The fourth-order valence-electron chi connectivity index (χ4n) is 0.732. The van der Waals surface area contributed by atoms with Gasteiger partial charge in [-0.3, -0.25) is 0 Å². The van der Waals surface area contributed by atoms with Crippen LogP contribution in [-0.2, 0) is 0 Å². The van der Waals surface area contributed by atoms with E-state index in [4.69, 9.17) is 5.73 Å². The molecule has 0 saturated heterocycles. The Bertz CT molecular complexity index is 119. The number of rotatable bonds is 3. The van der Waals surface area contributed by atoms with Gasteiger partial charge in [-0.25, -0.2) is 0 Å². The highest BCUT2D eigenvalue weighted by Crippen LogP contribution is 2.18. The molecule has 0 spiro atoms. The minimum atomic E-state index is 0.248. The van der Waals surface area contributed by atoms with Crippen molar-refractivity contribution < 1.29 is 0 Å². The largest absolute Gasteiger partial charge is 0.324 e. The highest BCUT2D eigenvalue weighted by atomic mass is 14.6. The Morgan fingerprint density at radius 1 is 1.36 bits per heavy atom. The van der Waals surface area contributed by atoms with Crippen LogP contribution in [0.5, 0.6) is 0 Å². The summed E-state index contributed by atoms with van der Waals surface area (Å²) in [7, 11) is 0. The molecular weight excluding hydrogens is 134 g/mol. The van der Waals surface area contributed by atoms with Crippen molar-refractivity contribution in [2.24, 2.45) is 11.1 Å². The molecule has 66 valence electrons. The highest BCUT2D eigenvalue weighted by molar-refractivity contribution is 4.92. The Morgan fingerprint density at radius 3 is 2.27 bits per heavy atom. The fraction of sp³-hybridized carbons (Fsp3) is 0.800. The van der Waals surface area contributed by atoms with Crippen molar-refractivity contribution in [1.29, 1.82) is 0 Å². The normalized spacial score (nSPS) is 15.7. The first kappa shape index (κ1) is 10.7. The Morgan fingerprint density at radius 2 is 1.91 bits per heavy atom. The van der Waals surface area contributed by atoms with Gasteiger partial charge >= 0.3 is 0 Å². The van der Waals surface area contributed by atoms with E-state index in [0.717, 1.165) is 12.8 Å². The van der Waals surface area contributed by atoms with E-state index in [1.54, 1.807) is 0 Å². The molecule has 0 aliphatic heterocycles. The third-order valence-corrected chi connectivity index (χ3v) is 1.58. The molecule has 0 aromatic heterocycles. The van der Waals surface area contributed by atoms with E-state index in [0.29, 0.717) is 5.41 Å². The van der Waals surface area contributed by atoms with Crippen LogP contribution in [0.4, 0.5) is 0 Å². The molecule has 0 amide bonds. The predicted octanol–water partition coefficient (Wildman–Crippen LogP) is 2.72. The monoisotopic (exact) mass is 155 g/mol. The molecule has 1 unspecified atom stereocenters. The standard InChI is InChI=1S/C10H21N/c1-5-9(11)7-6-8-10(2,3)4/h6-7,9H,5,8,11H2,1-4H3/b7-6-. The summed E-state index contributed by atoms with van der Waals surface area (Å²) in [6.07, 6.45) is 6.43. The van der Waals surface area contributed by atoms with Crippen LogP contribution in [0.3, 0.4) is 0 Å². The summed E-state index contributed by atoms with van der Waals surface area (Å²) in [5.74, 6) is 0. The lowest BCUT2D eigenvalue weighted by Crippen LogP contribution is -2.15. The van der Waals surface area contributed by atoms with Crippen LogP contribution in [0.2, 0.25) is 0 Å². The summed E-state index contributed by atoms with van der Waals surface area (Å²) in [5, 5.41) is 0. The van der Waals surface area contributed by atoms with Crippen molar-refractivity contribution in [3.8, 4) is 0 Å². The number of allylic oxidation sites excluding steroid dienone is 1. The van der Waals surface area contributed by atoms with E-state index in [-0.39, 0.29) is 6.04 Å². The van der Waals surface area contributed by atoms with Crippen molar-refractivity contribution in [1.82, 2.24) is 0 Å². The Hall–Kier alpha value is -0.300. The maximum absolute atomic E-state index is 5.72. The lowest BCUT2D eigenvalue weighted by atomic mass is 9.92. The smallest absolute Gasteiger partial charge is 0.0221 e.